The lowest BCUT2D eigenvalue weighted by Crippen LogP contribution is -2.36. The number of aryl methyl sites for hydroxylation is 1. The Morgan fingerprint density at radius 2 is 1.77 bits per heavy atom. The fraction of sp³-hybridized carbons (Fsp3) is 0.435. The zero-order valence-corrected chi connectivity index (χ0v) is 18.8. The molecule has 0 heterocycles. The molecule has 1 aliphatic carbocycles. The van der Waals surface area contributed by atoms with Gasteiger partial charge in [0.2, 0.25) is 10.0 Å². The topological polar surface area (TPSA) is 93.7 Å². The molecule has 0 radical (unpaired) electrons. The lowest BCUT2D eigenvalue weighted by atomic mass is 9.96. The predicted octanol–water partition coefficient (Wildman–Crippen LogP) is 3.31. The van der Waals surface area contributed by atoms with Crippen LogP contribution in [0.2, 0.25) is 0 Å². The average molecular weight is 447 g/mol. The van der Waals surface area contributed by atoms with Crippen molar-refractivity contribution in [1.29, 1.82) is 0 Å². The third-order valence-corrected chi connectivity index (χ3v) is 6.91. The van der Waals surface area contributed by atoms with Gasteiger partial charge in [-0.3, -0.25) is 4.79 Å². The van der Waals surface area contributed by atoms with Crippen molar-refractivity contribution in [1.82, 2.24) is 10.0 Å². The van der Waals surface area contributed by atoms with E-state index in [4.69, 9.17) is 9.47 Å². The van der Waals surface area contributed by atoms with E-state index in [-0.39, 0.29) is 23.5 Å². The molecule has 0 unspecified atom stereocenters. The largest absolute Gasteiger partial charge is 0.497 e. The van der Waals surface area contributed by atoms with Gasteiger partial charge in [0.15, 0.2) is 6.61 Å². The number of sulfonamides is 1. The molecule has 1 fully saturated rings. The highest BCUT2D eigenvalue weighted by atomic mass is 32.2. The van der Waals surface area contributed by atoms with Crippen LogP contribution in [0.1, 0.15) is 43.2 Å². The first-order valence-electron chi connectivity index (χ1n) is 10.5. The second-order valence-electron chi connectivity index (χ2n) is 7.80. The summed E-state index contributed by atoms with van der Waals surface area (Å²) in [5, 5.41) is 2.80. The quantitative estimate of drug-likeness (QED) is 0.616. The normalized spacial score (nSPS) is 14.8. The molecule has 1 aliphatic rings. The Hall–Kier alpha value is -2.58. The van der Waals surface area contributed by atoms with Gasteiger partial charge in [0.25, 0.3) is 5.91 Å². The number of benzene rings is 2. The van der Waals surface area contributed by atoms with Gasteiger partial charge < -0.3 is 14.8 Å². The Balaban J connectivity index is 1.51. The van der Waals surface area contributed by atoms with Gasteiger partial charge in [0.05, 0.1) is 12.0 Å². The lowest BCUT2D eigenvalue weighted by Gasteiger charge is -2.22. The lowest BCUT2D eigenvalue weighted by molar-refractivity contribution is -0.123. The summed E-state index contributed by atoms with van der Waals surface area (Å²) in [5.41, 5.74) is 1.61. The monoisotopic (exact) mass is 446 g/mol. The van der Waals surface area contributed by atoms with E-state index in [1.54, 1.807) is 26.2 Å². The van der Waals surface area contributed by atoms with Crippen LogP contribution in [0.4, 0.5) is 0 Å². The van der Waals surface area contributed by atoms with Gasteiger partial charge in [-0.2, -0.15) is 0 Å². The summed E-state index contributed by atoms with van der Waals surface area (Å²) in [6, 6.07) is 12.1. The van der Waals surface area contributed by atoms with Gasteiger partial charge in [-0.1, -0.05) is 31.4 Å². The summed E-state index contributed by atoms with van der Waals surface area (Å²) in [6.45, 7) is 2.00. The number of hydrogen-bond acceptors (Lipinski definition) is 5. The molecule has 2 aromatic carbocycles. The minimum Gasteiger partial charge on any atom is -0.497 e. The maximum absolute atomic E-state index is 12.7. The zero-order chi connectivity index (χ0) is 22.3. The van der Waals surface area contributed by atoms with Crippen LogP contribution in [0.5, 0.6) is 11.5 Å². The van der Waals surface area contributed by atoms with Crippen LogP contribution in [0.15, 0.2) is 47.4 Å². The molecule has 0 aliphatic heterocycles. The maximum Gasteiger partial charge on any atom is 0.258 e. The first-order valence-corrected chi connectivity index (χ1v) is 12.0. The van der Waals surface area contributed by atoms with E-state index < -0.39 is 10.0 Å². The Morgan fingerprint density at radius 1 is 1.06 bits per heavy atom. The number of rotatable bonds is 9. The Morgan fingerprint density at radius 3 is 2.42 bits per heavy atom. The first-order chi connectivity index (χ1) is 14.9. The number of ether oxygens (including phenoxy) is 2. The van der Waals surface area contributed by atoms with Crippen LogP contribution < -0.4 is 19.5 Å². The molecule has 3 rings (SSSR count). The zero-order valence-electron chi connectivity index (χ0n) is 18.0. The number of carbonyl (C=O) groups is 1. The van der Waals surface area contributed by atoms with Gasteiger partial charge in [0.1, 0.15) is 11.5 Å². The molecule has 2 N–H and O–H groups in total. The Labute approximate surface area is 184 Å². The Bertz CT molecular complexity index is 984. The highest BCUT2D eigenvalue weighted by Gasteiger charge is 2.22. The van der Waals surface area contributed by atoms with Gasteiger partial charge in [-0.05, 0) is 61.2 Å². The Kier molecular flexibility index (Phi) is 7.92. The minimum absolute atomic E-state index is 0.00406. The van der Waals surface area contributed by atoms with Crippen molar-refractivity contribution in [2.75, 3.05) is 13.7 Å². The van der Waals surface area contributed by atoms with Crippen LogP contribution in [-0.2, 0) is 21.4 Å². The minimum atomic E-state index is -3.57. The highest BCUT2D eigenvalue weighted by molar-refractivity contribution is 7.89. The second-order valence-corrected chi connectivity index (χ2v) is 9.51. The van der Waals surface area contributed by atoms with Crippen molar-refractivity contribution in [2.24, 2.45) is 0 Å². The van der Waals surface area contributed by atoms with Crippen LogP contribution in [0, 0.1) is 6.92 Å². The summed E-state index contributed by atoms with van der Waals surface area (Å²) >= 11 is 0. The highest BCUT2D eigenvalue weighted by Crippen LogP contribution is 2.24. The smallest absolute Gasteiger partial charge is 0.258 e. The second kappa shape index (κ2) is 10.6. The van der Waals surface area contributed by atoms with Crippen molar-refractivity contribution in [3.8, 4) is 11.5 Å². The van der Waals surface area contributed by atoms with E-state index in [9.17, 15) is 13.2 Å². The van der Waals surface area contributed by atoms with E-state index in [0.29, 0.717) is 17.9 Å². The molecule has 7 nitrogen and oxygen atoms in total. The predicted molar refractivity (Wildman–Crippen MR) is 119 cm³/mol. The average Bonchev–Trinajstić information content (AvgIpc) is 2.77. The third kappa shape index (κ3) is 6.70. The standard InChI is InChI=1S/C23H30N2O5S/c1-17-14-21(31(27,28)25-19-6-4-3-5-7-19)12-13-22(17)30-16-23(26)24-15-18-8-10-20(29-2)11-9-18/h8-14,19,25H,3-7,15-16H2,1-2H3,(H,24,26). The number of amides is 1. The number of hydrogen-bond donors (Lipinski definition) is 2. The molecule has 31 heavy (non-hydrogen) atoms. The number of carbonyl (C=O) groups excluding carboxylic acids is 1. The van der Waals surface area contributed by atoms with E-state index >= 15 is 0 Å². The molecular weight excluding hydrogens is 416 g/mol. The molecule has 0 aromatic heterocycles. The van der Waals surface area contributed by atoms with Crippen molar-refractivity contribution >= 4 is 15.9 Å². The van der Waals surface area contributed by atoms with Gasteiger partial charge >= 0.3 is 0 Å². The molecule has 2 aromatic rings. The molecular formula is C23H30N2O5S. The summed E-state index contributed by atoms with van der Waals surface area (Å²) in [6.07, 6.45) is 5.03. The molecule has 168 valence electrons. The molecule has 0 atom stereocenters. The maximum atomic E-state index is 12.7. The molecule has 0 spiro atoms. The van der Waals surface area contributed by atoms with Crippen molar-refractivity contribution in [3.63, 3.8) is 0 Å². The molecule has 0 saturated heterocycles. The van der Waals surface area contributed by atoms with Gasteiger partial charge in [0, 0.05) is 12.6 Å². The number of nitrogens with one attached hydrogen (secondary N) is 2. The SMILES string of the molecule is COc1ccc(CNC(=O)COc2ccc(S(=O)(=O)NC3CCCCC3)cc2C)cc1. The number of methoxy groups -OCH3 is 1. The van der Waals surface area contributed by atoms with E-state index in [0.717, 1.165) is 43.4 Å². The van der Waals surface area contributed by atoms with Crippen molar-refractivity contribution in [2.45, 2.75) is 56.5 Å². The van der Waals surface area contributed by atoms with Crippen molar-refractivity contribution in [3.05, 3.63) is 53.6 Å². The van der Waals surface area contributed by atoms with E-state index in [1.807, 2.05) is 24.3 Å². The van der Waals surface area contributed by atoms with Crippen LogP contribution >= 0.6 is 0 Å². The third-order valence-electron chi connectivity index (χ3n) is 5.39. The van der Waals surface area contributed by atoms with Crippen LogP contribution in [-0.4, -0.2) is 34.1 Å². The van der Waals surface area contributed by atoms with Crippen molar-refractivity contribution < 1.29 is 22.7 Å². The first kappa shape index (κ1) is 23.1. The van der Waals surface area contributed by atoms with Gasteiger partial charge in [-0.15, -0.1) is 0 Å². The van der Waals surface area contributed by atoms with E-state index in [2.05, 4.69) is 10.0 Å². The molecule has 1 amide bonds. The van der Waals surface area contributed by atoms with E-state index in [1.165, 1.54) is 6.07 Å². The van der Waals surface area contributed by atoms with Crippen LogP contribution in [0.3, 0.4) is 0 Å². The van der Waals surface area contributed by atoms with Gasteiger partial charge in [-0.25, -0.2) is 13.1 Å². The fourth-order valence-corrected chi connectivity index (χ4v) is 4.99. The summed E-state index contributed by atoms with van der Waals surface area (Å²) in [7, 11) is -1.97. The summed E-state index contributed by atoms with van der Waals surface area (Å²) in [4.78, 5) is 12.3. The summed E-state index contributed by atoms with van der Waals surface area (Å²) < 4.78 is 38.8. The molecule has 0 bridgehead atoms. The molecule has 8 heteroatoms. The van der Waals surface area contributed by atoms with Crippen LogP contribution in [0.25, 0.3) is 0 Å². The summed E-state index contributed by atoms with van der Waals surface area (Å²) in [5.74, 6) is 0.982. The molecule has 1 saturated carbocycles. The fourth-order valence-electron chi connectivity index (χ4n) is 3.60.